The Morgan fingerprint density at radius 1 is 1.19 bits per heavy atom. The second kappa shape index (κ2) is 5.72. The van der Waals surface area contributed by atoms with E-state index in [1.54, 1.807) is 0 Å². The van der Waals surface area contributed by atoms with Gasteiger partial charge in [-0.05, 0) is 32.6 Å². The molecule has 1 aliphatic carbocycles. The van der Waals surface area contributed by atoms with Crippen LogP contribution < -0.4 is 10.6 Å². The maximum Gasteiger partial charge on any atom is 0.325 e. The van der Waals surface area contributed by atoms with Gasteiger partial charge in [0.15, 0.2) is 0 Å². The first kappa shape index (κ1) is 12.8. The lowest BCUT2D eigenvalue weighted by molar-refractivity contribution is -0.138. The summed E-state index contributed by atoms with van der Waals surface area (Å²) in [4.78, 5) is 22.0. The zero-order valence-electron chi connectivity index (χ0n) is 9.82. The second-order valence-corrected chi connectivity index (χ2v) is 4.51. The molecule has 2 atom stereocenters. The monoisotopic (exact) mass is 228 g/mol. The minimum Gasteiger partial charge on any atom is -0.480 e. The number of aliphatic carboxylic acids is 1. The minimum atomic E-state index is -1.02. The summed E-state index contributed by atoms with van der Waals surface area (Å²) in [6.45, 7) is 3.42. The highest BCUT2D eigenvalue weighted by atomic mass is 16.4. The summed E-state index contributed by atoms with van der Waals surface area (Å²) in [6.07, 6.45) is 4.75. The lowest BCUT2D eigenvalue weighted by Gasteiger charge is -2.21. The highest BCUT2D eigenvalue weighted by molar-refractivity contribution is 5.82. The summed E-state index contributed by atoms with van der Waals surface area (Å²) < 4.78 is 0. The second-order valence-electron chi connectivity index (χ2n) is 4.51. The van der Waals surface area contributed by atoms with E-state index in [4.69, 9.17) is 5.11 Å². The van der Waals surface area contributed by atoms with Crippen molar-refractivity contribution in [3.63, 3.8) is 0 Å². The molecule has 5 heteroatoms. The molecule has 0 radical (unpaired) electrons. The molecule has 0 heterocycles. The maximum atomic E-state index is 11.4. The number of urea groups is 1. The van der Waals surface area contributed by atoms with Crippen LogP contribution in [0.25, 0.3) is 0 Å². The first-order valence-electron chi connectivity index (χ1n) is 5.80. The van der Waals surface area contributed by atoms with Crippen LogP contribution in [0.15, 0.2) is 0 Å². The van der Waals surface area contributed by atoms with E-state index in [2.05, 4.69) is 10.6 Å². The Labute approximate surface area is 95.6 Å². The molecule has 1 aliphatic rings. The van der Waals surface area contributed by atoms with Crippen molar-refractivity contribution < 1.29 is 14.7 Å². The number of carbonyl (C=O) groups excluding carboxylic acids is 1. The largest absolute Gasteiger partial charge is 0.480 e. The number of hydrogen-bond acceptors (Lipinski definition) is 2. The number of hydrogen-bond donors (Lipinski definition) is 3. The summed E-state index contributed by atoms with van der Waals surface area (Å²) in [5.74, 6) is -0.491. The first-order chi connectivity index (χ1) is 7.50. The van der Waals surface area contributed by atoms with E-state index in [0.29, 0.717) is 5.92 Å². The predicted octanol–water partition coefficient (Wildman–Crippen LogP) is 1.34. The van der Waals surface area contributed by atoms with E-state index in [1.807, 2.05) is 6.92 Å². The van der Waals surface area contributed by atoms with Crippen LogP contribution in [0.2, 0.25) is 0 Å². The van der Waals surface area contributed by atoms with E-state index < -0.39 is 18.0 Å². The molecule has 16 heavy (non-hydrogen) atoms. The van der Waals surface area contributed by atoms with Crippen molar-refractivity contribution in [2.45, 2.75) is 51.6 Å². The van der Waals surface area contributed by atoms with Gasteiger partial charge in [-0.15, -0.1) is 0 Å². The number of nitrogens with one attached hydrogen (secondary N) is 2. The zero-order valence-corrected chi connectivity index (χ0v) is 9.82. The van der Waals surface area contributed by atoms with Gasteiger partial charge in [0.05, 0.1) is 0 Å². The normalized spacial score (nSPS) is 20.1. The Hall–Kier alpha value is -1.26. The SMILES string of the molecule is CC(NC(=O)N[C@@H](C)C(=O)O)C1CCCC1. The van der Waals surface area contributed by atoms with Gasteiger partial charge >= 0.3 is 12.0 Å². The summed E-state index contributed by atoms with van der Waals surface area (Å²) in [7, 11) is 0. The van der Waals surface area contributed by atoms with E-state index in [1.165, 1.54) is 19.8 Å². The summed E-state index contributed by atoms with van der Waals surface area (Å²) >= 11 is 0. The quantitative estimate of drug-likeness (QED) is 0.679. The Morgan fingerprint density at radius 3 is 2.25 bits per heavy atom. The van der Waals surface area contributed by atoms with Crippen molar-refractivity contribution >= 4 is 12.0 Å². The number of amides is 2. The van der Waals surface area contributed by atoms with Crippen LogP contribution in [-0.4, -0.2) is 29.2 Å². The van der Waals surface area contributed by atoms with Crippen LogP contribution >= 0.6 is 0 Å². The average Bonchev–Trinajstić information content (AvgIpc) is 2.69. The molecule has 0 aromatic carbocycles. The topological polar surface area (TPSA) is 78.4 Å². The molecule has 0 spiro atoms. The fourth-order valence-electron chi connectivity index (χ4n) is 2.08. The van der Waals surface area contributed by atoms with Gasteiger partial charge in [0, 0.05) is 6.04 Å². The van der Waals surface area contributed by atoms with Crippen molar-refractivity contribution in [3.05, 3.63) is 0 Å². The fourth-order valence-corrected chi connectivity index (χ4v) is 2.08. The van der Waals surface area contributed by atoms with Crippen molar-refractivity contribution in [3.8, 4) is 0 Å². The Morgan fingerprint density at radius 2 is 1.75 bits per heavy atom. The molecule has 3 N–H and O–H groups in total. The molecule has 0 aliphatic heterocycles. The molecule has 1 saturated carbocycles. The predicted molar refractivity (Wildman–Crippen MR) is 60.2 cm³/mol. The third-order valence-corrected chi connectivity index (χ3v) is 3.18. The van der Waals surface area contributed by atoms with Crippen LogP contribution in [0.4, 0.5) is 4.79 Å². The van der Waals surface area contributed by atoms with E-state index in [9.17, 15) is 9.59 Å². The third-order valence-electron chi connectivity index (χ3n) is 3.18. The lowest BCUT2D eigenvalue weighted by Crippen LogP contribution is -2.48. The van der Waals surface area contributed by atoms with Gasteiger partial charge < -0.3 is 15.7 Å². The van der Waals surface area contributed by atoms with E-state index in [-0.39, 0.29) is 6.04 Å². The Balaban J connectivity index is 2.30. The Kier molecular flexibility index (Phi) is 4.58. The molecular weight excluding hydrogens is 208 g/mol. The number of rotatable bonds is 4. The molecule has 0 saturated heterocycles. The average molecular weight is 228 g/mol. The maximum absolute atomic E-state index is 11.4. The third kappa shape index (κ3) is 3.72. The van der Waals surface area contributed by atoms with Crippen LogP contribution in [-0.2, 0) is 4.79 Å². The van der Waals surface area contributed by atoms with Gasteiger partial charge in [-0.25, -0.2) is 4.79 Å². The lowest BCUT2D eigenvalue weighted by atomic mass is 10.0. The van der Waals surface area contributed by atoms with Crippen LogP contribution in [0.5, 0.6) is 0 Å². The molecule has 1 fully saturated rings. The number of carboxylic acid groups (broad SMARTS) is 1. The zero-order chi connectivity index (χ0) is 12.1. The molecule has 0 aromatic heterocycles. The molecule has 1 rings (SSSR count). The van der Waals surface area contributed by atoms with E-state index in [0.717, 1.165) is 12.8 Å². The molecule has 2 amide bonds. The Bertz CT molecular complexity index is 262. The smallest absolute Gasteiger partial charge is 0.325 e. The van der Waals surface area contributed by atoms with Gasteiger partial charge in [-0.2, -0.15) is 0 Å². The molecule has 1 unspecified atom stereocenters. The number of carbonyl (C=O) groups is 2. The first-order valence-corrected chi connectivity index (χ1v) is 5.80. The molecule has 0 aromatic rings. The standard InChI is InChI=1S/C11H20N2O3/c1-7(9-5-3-4-6-9)12-11(16)13-8(2)10(14)15/h7-9H,3-6H2,1-2H3,(H,14,15)(H2,12,13,16)/t7?,8-/m0/s1. The van der Waals surface area contributed by atoms with Crippen LogP contribution in [0.1, 0.15) is 39.5 Å². The van der Waals surface area contributed by atoms with Crippen molar-refractivity contribution in [2.75, 3.05) is 0 Å². The van der Waals surface area contributed by atoms with Crippen LogP contribution in [0.3, 0.4) is 0 Å². The van der Waals surface area contributed by atoms with E-state index >= 15 is 0 Å². The van der Waals surface area contributed by atoms with Crippen molar-refractivity contribution in [1.29, 1.82) is 0 Å². The molecule has 5 nitrogen and oxygen atoms in total. The molecule has 0 bridgehead atoms. The van der Waals surface area contributed by atoms with Gasteiger partial charge in [-0.1, -0.05) is 12.8 Å². The van der Waals surface area contributed by atoms with Gasteiger partial charge in [-0.3, -0.25) is 4.79 Å². The highest BCUT2D eigenvalue weighted by Gasteiger charge is 2.23. The summed E-state index contributed by atoms with van der Waals surface area (Å²) in [5.41, 5.74) is 0. The van der Waals surface area contributed by atoms with Crippen molar-refractivity contribution in [1.82, 2.24) is 10.6 Å². The van der Waals surface area contributed by atoms with Gasteiger partial charge in [0.1, 0.15) is 6.04 Å². The van der Waals surface area contributed by atoms with Gasteiger partial charge in [0.2, 0.25) is 0 Å². The number of carboxylic acids is 1. The van der Waals surface area contributed by atoms with Gasteiger partial charge in [0.25, 0.3) is 0 Å². The summed E-state index contributed by atoms with van der Waals surface area (Å²) in [6, 6.07) is -1.13. The summed E-state index contributed by atoms with van der Waals surface area (Å²) in [5, 5.41) is 13.8. The van der Waals surface area contributed by atoms with Crippen LogP contribution in [0, 0.1) is 5.92 Å². The molecular formula is C11H20N2O3. The highest BCUT2D eigenvalue weighted by Crippen LogP contribution is 2.27. The minimum absolute atomic E-state index is 0.114. The fraction of sp³-hybridized carbons (Fsp3) is 0.818. The molecule has 92 valence electrons. The van der Waals surface area contributed by atoms with Crippen molar-refractivity contribution in [2.24, 2.45) is 5.92 Å².